The van der Waals surface area contributed by atoms with Gasteiger partial charge in [-0.2, -0.15) is 0 Å². The summed E-state index contributed by atoms with van der Waals surface area (Å²) in [7, 11) is 0. The molecule has 32 heavy (non-hydrogen) atoms. The molecule has 160 valence electrons. The molecular formula is C27H25N3OS. The van der Waals surface area contributed by atoms with Gasteiger partial charge in [-0.3, -0.25) is 9.69 Å². The summed E-state index contributed by atoms with van der Waals surface area (Å²) in [6.07, 6.45) is 4.52. The molecule has 0 aromatic heterocycles. The molecule has 2 heterocycles. The standard InChI is InChI=1S/C27H25N3OS/c1-20-18-24(29-16-8-9-17-29)15-14-21(20)19-25-26(31)30(23-12-6-3-7-13-23)27(32-25)28-22-10-4-2-5-11-22/h2-7,10-15,18-19H,8-9,16-17H2,1H3/b25-19-,28-27?. The summed E-state index contributed by atoms with van der Waals surface area (Å²) < 4.78 is 0. The van der Waals surface area contributed by atoms with Crippen LogP contribution in [0.25, 0.3) is 6.08 Å². The lowest BCUT2D eigenvalue weighted by Gasteiger charge is -2.18. The summed E-state index contributed by atoms with van der Waals surface area (Å²) in [5.41, 5.74) is 5.16. The fourth-order valence-corrected chi connectivity index (χ4v) is 5.09. The molecule has 0 spiro atoms. The molecule has 0 saturated carbocycles. The number of nitrogens with zero attached hydrogens (tertiary/aromatic N) is 3. The van der Waals surface area contributed by atoms with Crippen LogP contribution in [0.2, 0.25) is 0 Å². The highest BCUT2D eigenvalue weighted by Gasteiger charge is 2.34. The van der Waals surface area contributed by atoms with E-state index in [0.717, 1.165) is 30.0 Å². The highest BCUT2D eigenvalue weighted by molar-refractivity contribution is 8.19. The van der Waals surface area contributed by atoms with Crippen LogP contribution in [0.1, 0.15) is 24.0 Å². The number of hydrogen-bond donors (Lipinski definition) is 0. The van der Waals surface area contributed by atoms with Crippen molar-refractivity contribution >= 4 is 46.0 Å². The largest absolute Gasteiger partial charge is 0.372 e. The first-order chi connectivity index (χ1) is 15.7. The molecule has 5 rings (SSSR count). The van der Waals surface area contributed by atoms with E-state index in [0.29, 0.717) is 10.1 Å². The Morgan fingerprint density at radius 2 is 1.56 bits per heavy atom. The zero-order chi connectivity index (χ0) is 21.9. The second kappa shape index (κ2) is 9.05. The molecule has 0 bridgehead atoms. The monoisotopic (exact) mass is 439 g/mol. The highest BCUT2D eigenvalue weighted by atomic mass is 32.2. The van der Waals surface area contributed by atoms with Gasteiger partial charge in [-0.15, -0.1) is 0 Å². The van der Waals surface area contributed by atoms with Crippen molar-refractivity contribution in [2.24, 2.45) is 4.99 Å². The van der Waals surface area contributed by atoms with Crippen molar-refractivity contribution in [1.82, 2.24) is 0 Å². The van der Waals surface area contributed by atoms with Crippen LogP contribution in [-0.2, 0) is 4.79 Å². The van der Waals surface area contributed by atoms with Gasteiger partial charge in [0, 0.05) is 18.8 Å². The Bertz CT molecular complexity index is 1180. The second-order valence-electron chi connectivity index (χ2n) is 8.05. The van der Waals surface area contributed by atoms with Crippen molar-refractivity contribution in [1.29, 1.82) is 0 Å². The lowest BCUT2D eigenvalue weighted by atomic mass is 10.1. The van der Waals surface area contributed by atoms with Crippen LogP contribution in [0.15, 0.2) is 88.8 Å². The fourth-order valence-electron chi connectivity index (χ4n) is 4.10. The molecule has 0 N–H and O–H groups in total. The number of aryl methyl sites for hydroxylation is 1. The minimum Gasteiger partial charge on any atom is -0.372 e. The van der Waals surface area contributed by atoms with Crippen LogP contribution in [0.3, 0.4) is 0 Å². The Hall–Kier alpha value is -3.31. The van der Waals surface area contributed by atoms with Crippen LogP contribution in [0.4, 0.5) is 17.1 Å². The molecule has 5 heteroatoms. The third kappa shape index (κ3) is 4.21. The number of aliphatic imine (C=N–C) groups is 1. The number of rotatable bonds is 4. The molecule has 3 aromatic carbocycles. The number of carbonyl (C=O) groups is 1. The first-order valence-corrected chi connectivity index (χ1v) is 11.8. The van der Waals surface area contributed by atoms with Gasteiger partial charge in [0.25, 0.3) is 5.91 Å². The maximum atomic E-state index is 13.4. The Morgan fingerprint density at radius 3 is 2.25 bits per heavy atom. The first kappa shape index (κ1) is 20.6. The van der Waals surface area contributed by atoms with Gasteiger partial charge in [0.2, 0.25) is 0 Å². The fraction of sp³-hybridized carbons (Fsp3) is 0.185. The molecule has 0 radical (unpaired) electrons. The maximum Gasteiger partial charge on any atom is 0.271 e. The van der Waals surface area contributed by atoms with Gasteiger partial charge < -0.3 is 4.90 Å². The Morgan fingerprint density at radius 1 is 0.875 bits per heavy atom. The SMILES string of the molecule is Cc1cc(N2CCCC2)ccc1/C=C1\SC(=Nc2ccccc2)N(c2ccccc2)C1=O. The van der Waals surface area contributed by atoms with E-state index < -0.39 is 0 Å². The minimum absolute atomic E-state index is 0.0427. The van der Waals surface area contributed by atoms with Crippen LogP contribution in [0, 0.1) is 6.92 Å². The molecular weight excluding hydrogens is 414 g/mol. The molecule has 2 aliphatic heterocycles. The summed E-state index contributed by atoms with van der Waals surface area (Å²) in [6, 6.07) is 26.0. The normalized spacial score (nSPS) is 18.8. The van der Waals surface area contributed by atoms with Crippen molar-refractivity contribution in [3.05, 3.63) is 94.9 Å². The molecule has 1 amide bonds. The molecule has 2 saturated heterocycles. The Labute approximate surface area is 193 Å². The van der Waals surface area contributed by atoms with Crippen molar-refractivity contribution in [2.75, 3.05) is 22.9 Å². The van der Waals surface area contributed by atoms with E-state index in [1.807, 2.05) is 66.7 Å². The summed E-state index contributed by atoms with van der Waals surface area (Å²) >= 11 is 1.43. The zero-order valence-corrected chi connectivity index (χ0v) is 18.9. The third-order valence-electron chi connectivity index (χ3n) is 5.81. The van der Waals surface area contributed by atoms with E-state index in [1.165, 1.54) is 35.9 Å². The molecule has 2 aliphatic rings. The van der Waals surface area contributed by atoms with Crippen LogP contribution in [0.5, 0.6) is 0 Å². The van der Waals surface area contributed by atoms with E-state index in [2.05, 4.69) is 30.0 Å². The number of amides is 1. The number of benzene rings is 3. The summed E-state index contributed by atoms with van der Waals surface area (Å²) in [5, 5.41) is 0.671. The van der Waals surface area contributed by atoms with E-state index in [9.17, 15) is 4.79 Å². The quantitative estimate of drug-likeness (QED) is 0.441. The van der Waals surface area contributed by atoms with E-state index >= 15 is 0 Å². The lowest BCUT2D eigenvalue weighted by molar-refractivity contribution is -0.113. The van der Waals surface area contributed by atoms with Gasteiger partial charge >= 0.3 is 0 Å². The summed E-state index contributed by atoms with van der Waals surface area (Å²) in [6.45, 7) is 4.36. The van der Waals surface area contributed by atoms with E-state index in [-0.39, 0.29) is 5.91 Å². The first-order valence-electron chi connectivity index (χ1n) is 11.0. The minimum atomic E-state index is -0.0427. The maximum absolute atomic E-state index is 13.4. The molecule has 2 fully saturated rings. The molecule has 0 aliphatic carbocycles. The predicted molar refractivity (Wildman–Crippen MR) is 136 cm³/mol. The predicted octanol–water partition coefficient (Wildman–Crippen LogP) is 6.40. The molecule has 3 aromatic rings. The van der Waals surface area contributed by atoms with Crippen molar-refractivity contribution in [3.8, 4) is 0 Å². The third-order valence-corrected chi connectivity index (χ3v) is 6.78. The summed E-state index contributed by atoms with van der Waals surface area (Å²) in [5.74, 6) is -0.0427. The van der Waals surface area contributed by atoms with Gasteiger partial charge in [-0.25, -0.2) is 4.99 Å². The second-order valence-corrected chi connectivity index (χ2v) is 9.06. The zero-order valence-electron chi connectivity index (χ0n) is 18.1. The number of anilines is 2. The highest BCUT2D eigenvalue weighted by Crippen LogP contribution is 2.37. The Balaban J connectivity index is 1.50. The van der Waals surface area contributed by atoms with Crippen LogP contribution >= 0.6 is 11.8 Å². The number of thioether (sulfide) groups is 1. The van der Waals surface area contributed by atoms with Crippen molar-refractivity contribution in [2.45, 2.75) is 19.8 Å². The number of para-hydroxylation sites is 2. The average molecular weight is 440 g/mol. The molecule has 4 nitrogen and oxygen atoms in total. The van der Waals surface area contributed by atoms with Crippen molar-refractivity contribution in [3.63, 3.8) is 0 Å². The lowest BCUT2D eigenvalue weighted by Crippen LogP contribution is -2.28. The number of hydrogen-bond acceptors (Lipinski definition) is 4. The van der Waals surface area contributed by atoms with Crippen LogP contribution in [-0.4, -0.2) is 24.2 Å². The smallest absolute Gasteiger partial charge is 0.271 e. The topological polar surface area (TPSA) is 35.9 Å². The molecule has 0 unspecified atom stereocenters. The van der Waals surface area contributed by atoms with Gasteiger partial charge in [0.1, 0.15) is 0 Å². The Kier molecular flexibility index (Phi) is 5.82. The van der Waals surface area contributed by atoms with Gasteiger partial charge in [0.15, 0.2) is 5.17 Å². The van der Waals surface area contributed by atoms with Gasteiger partial charge in [0.05, 0.1) is 16.3 Å². The number of carbonyl (C=O) groups excluding carboxylic acids is 1. The van der Waals surface area contributed by atoms with Crippen molar-refractivity contribution < 1.29 is 4.79 Å². The van der Waals surface area contributed by atoms with E-state index in [4.69, 9.17) is 4.99 Å². The summed E-state index contributed by atoms with van der Waals surface area (Å²) in [4.78, 5) is 23.0. The average Bonchev–Trinajstić information content (AvgIpc) is 3.45. The van der Waals surface area contributed by atoms with Gasteiger partial charge in [-0.05, 0) is 85.1 Å². The molecule has 0 atom stereocenters. The van der Waals surface area contributed by atoms with Gasteiger partial charge in [-0.1, -0.05) is 42.5 Å². The van der Waals surface area contributed by atoms with Crippen LogP contribution < -0.4 is 9.80 Å². The van der Waals surface area contributed by atoms with E-state index in [1.54, 1.807) is 4.90 Å². The number of amidine groups is 1.